The third-order valence-corrected chi connectivity index (χ3v) is 3.26. The Hall–Kier alpha value is -2.16. The van der Waals surface area contributed by atoms with Crippen LogP contribution in [0.3, 0.4) is 0 Å². The van der Waals surface area contributed by atoms with E-state index >= 15 is 0 Å². The fourth-order valence-corrected chi connectivity index (χ4v) is 2.29. The molecule has 0 radical (unpaired) electrons. The van der Waals surface area contributed by atoms with Crippen LogP contribution in [0.5, 0.6) is 5.88 Å². The van der Waals surface area contributed by atoms with Gasteiger partial charge in [0.2, 0.25) is 11.7 Å². The van der Waals surface area contributed by atoms with Gasteiger partial charge in [-0.2, -0.15) is 0 Å². The lowest BCUT2D eigenvalue weighted by atomic mass is 10.2. The Balaban J connectivity index is 1.88. The molecule has 8 nitrogen and oxygen atoms in total. The maximum Gasteiger partial charge on any atom is 0.290 e. The van der Waals surface area contributed by atoms with Gasteiger partial charge in [-0.05, 0) is 11.6 Å². The summed E-state index contributed by atoms with van der Waals surface area (Å²) in [5, 5.41) is 6.13. The van der Waals surface area contributed by atoms with E-state index in [1.807, 2.05) is 0 Å². The first-order valence-electron chi connectivity index (χ1n) is 6.45. The number of likely N-dealkylation sites (tertiary alicyclic amines) is 1. The maximum absolute atomic E-state index is 13.4. The van der Waals surface area contributed by atoms with Crippen molar-refractivity contribution in [3.05, 3.63) is 11.8 Å². The molecule has 21 heavy (non-hydrogen) atoms. The van der Waals surface area contributed by atoms with E-state index in [-0.39, 0.29) is 43.7 Å². The molecule has 1 aliphatic rings. The van der Waals surface area contributed by atoms with Crippen LogP contribution >= 0.6 is 0 Å². The maximum atomic E-state index is 13.4. The van der Waals surface area contributed by atoms with Crippen LogP contribution in [-0.4, -0.2) is 60.8 Å². The third-order valence-electron chi connectivity index (χ3n) is 3.26. The van der Waals surface area contributed by atoms with Gasteiger partial charge in [0.1, 0.15) is 6.17 Å². The Morgan fingerprint density at radius 2 is 2.43 bits per heavy atom. The summed E-state index contributed by atoms with van der Waals surface area (Å²) in [5.74, 6) is -0.809. The van der Waals surface area contributed by atoms with Crippen molar-refractivity contribution < 1.29 is 23.2 Å². The van der Waals surface area contributed by atoms with Crippen LogP contribution in [0.4, 0.5) is 4.39 Å². The van der Waals surface area contributed by atoms with Gasteiger partial charge in [0.05, 0.1) is 19.7 Å². The molecule has 0 bridgehead atoms. The number of rotatable bonds is 6. The number of nitrogens with two attached hydrogens (primary N) is 1. The lowest BCUT2D eigenvalue weighted by molar-refractivity contribution is -0.119. The molecule has 9 heteroatoms. The number of hydrogen-bond acceptors (Lipinski definition) is 6. The van der Waals surface area contributed by atoms with Crippen molar-refractivity contribution in [3.63, 3.8) is 0 Å². The van der Waals surface area contributed by atoms with Gasteiger partial charge in [0.25, 0.3) is 11.8 Å². The number of hydrogen-bond donors (Lipinski definition) is 2. The predicted molar refractivity (Wildman–Crippen MR) is 69.5 cm³/mol. The molecule has 0 saturated carbocycles. The van der Waals surface area contributed by atoms with E-state index in [1.165, 1.54) is 13.2 Å². The lowest BCUT2D eigenvalue weighted by Gasteiger charge is -2.22. The van der Waals surface area contributed by atoms with Gasteiger partial charge < -0.3 is 20.3 Å². The molecule has 2 atom stereocenters. The zero-order valence-electron chi connectivity index (χ0n) is 11.5. The van der Waals surface area contributed by atoms with Crippen LogP contribution in [0, 0.1) is 0 Å². The van der Waals surface area contributed by atoms with E-state index in [0.29, 0.717) is 0 Å². The molecular weight excluding hydrogens is 283 g/mol. The number of nitrogens with zero attached hydrogens (tertiary/aromatic N) is 2. The Morgan fingerprint density at radius 3 is 3.05 bits per heavy atom. The molecule has 1 aromatic heterocycles. The predicted octanol–water partition coefficient (Wildman–Crippen LogP) is -0.689. The molecule has 2 heterocycles. The monoisotopic (exact) mass is 300 g/mol. The molecule has 0 aromatic carbocycles. The Labute approximate surface area is 120 Å². The van der Waals surface area contributed by atoms with Crippen LogP contribution < -0.4 is 15.8 Å². The van der Waals surface area contributed by atoms with Crippen LogP contribution in [0.25, 0.3) is 0 Å². The highest BCUT2D eigenvalue weighted by Crippen LogP contribution is 2.19. The van der Waals surface area contributed by atoms with E-state index in [4.69, 9.17) is 15.0 Å². The molecule has 0 aliphatic carbocycles. The molecule has 0 spiro atoms. The molecule has 2 amide bonds. The van der Waals surface area contributed by atoms with E-state index < -0.39 is 18.0 Å². The van der Waals surface area contributed by atoms with Crippen molar-refractivity contribution >= 4 is 11.8 Å². The second kappa shape index (κ2) is 6.53. The van der Waals surface area contributed by atoms with Gasteiger partial charge in [-0.3, -0.25) is 14.5 Å². The number of halogens is 1. The van der Waals surface area contributed by atoms with E-state index in [0.717, 1.165) is 0 Å². The molecule has 2 rings (SSSR count). The molecular formula is C12H17FN4O4. The average Bonchev–Trinajstić information content (AvgIpc) is 3.02. The van der Waals surface area contributed by atoms with E-state index in [9.17, 15) is 14.0 Å². The number of carbonyl (C=O) groups excluding carboxylic acids is 2. The largest absolute Gasteiger partial charge is 0.479 e. The summed E-state index contributed by atoms with van der Waals surface area (Å²) in [6, 6.07) is 1.07. The van der Waals surface area contributed by atoms with Crippen molar-refractivity contribution in [1.29, 1.82) is 0 Å². The van der Waals surface area contributed by atoms with Crippen molar-refractivity contribution in [3.8, 4) is 5.88 Å². The zero-order valence-corrected chi connectivity index (χ0v) is 11.5. The normalized spacial score (nSPS) is 22.2. The number of methoxy groups -OCH3 is 1. The molecule has 1 saturated heterocycles. The highest BCUT2D eigenvalue weighted by Gasteiger charge is 2.33. The third kappa shape index (κ3) is 3.91. The highest BCUT2D eigenvalue weighted by atomic mass is 19.1. The van der Waals surface area contributed by atoms with Gasteiger partial charge in [0, 0.05) is 19.1 Å². The summed E-state index contributed by atoms with van der Waals surface area (Å²) < 4.78 is 23.0. The number of nitrogens with one attached hydrogen (secondary N) is 1. The van der Waals surface area contributed by atoms with Gasteiger partial charge in [0.15, 0.2) is 0 Å². The number of ether oxygens (including phenoxy) is 1. The van der Waals surface area contributed by atoms with Gasteiger partial charge in [-0.1, -0.05) is 0 Å². The molecule has 0 unspecified atom stereocenters. The van der Waals surface area contributed by atoms with Crippen molar-refractivity contribution in [2.24, 2.45) is 5.73 Å². The number of carbonyl (C=O) groups is 2. The first-order chi connectivity index (χ1) is 9.99. The van der Waals surface area contributed by atoms with Gasteiger partial charge in [-0.25, -0.2) is 4.39 Å². The molecule has 1 aromatic rings. The van der Waals surface area contributed by atoms with Gasteiger partial charge in [-0.15, -0.1) is 0 Å². The molecule has 116 valence electrons. The van der Waals surface area contributed by atoms with E-state index in [1.54, 1.807) is 4.90 Å². The smallest absolute Gasteiger partial charge is 0.290 e. The zero-order chi connectivity index (χ0) is 15.4. The molecule has 1 aliphatic heterocycles. The fourth-order valence-electron chi connectivity index (χ4n) is 2.29. The Morgan fingerprint density at radius 1 is 1.67 bits per heavy atom. The summed E-state index contributed by atoms with van der Waals surface area (Å²) in [4.78, 5) is 24.4. The molecule has 3 N–H and O–H groups in total. The van der Waals surface area contributed by atoms with E-state index in [2.05, 4.69) is 10.5 Å². The second-order valence-electron chi connectivity index (χ2n) is 4.83. The summed E-state index contributed by atoms with van der Waals surface area (Å²) >= 11 is 0. The fraction of sp³-hybridized carbons (Fsp3) is 0.583. The average molecular weight is 300 g/mol. The summed E-state index contributed by atoms with van der Waals surface area (Å²) in [7, 11) is 1.40. The van der Waals surface area contributed by atoms with Crippen molar-refractivity contribution in [2.75, 3.05) is 26.7 Å². The number of aromatic nitrogens is 1. The second-order valence-corrected chi connectivity index (χ2v) is 4.83. The lowest BCUT2D eigenvalue weighted by Crippen LogP contribution is -2.43. The highest BCUT2D eigenvalue weighted by molar-refractivity contribution is 5.91. The van der Waals surface area contributed by atoms with Gasteiger partial charge >= 0.3 is 0 Å². The minimum atomic E-state index is -1.03. The molecule has 1 fully saturated rings. The number of alkyl halides is 1. The standard InChI is InChI=1S/C12H17FN4O4/c1-20-11-3-9(21-16-11)12(19)15-4-8-2-7(13)5-17(8)6-10(14)18/h3,7-8H,2,4-6H2,1H3,(H2,14,18)(H,15,19)/t7-,8-/m0/s1. The summed E-state index contributed by atoms with van der Waals surface area (Å²) in [6.45, 7) is 0.298. The first-order valence-corrected chi connectivity index (χ1v) is 6.45. The summed E-state index contributed by atoms with van der Waals surface area (Å²) in [5.41, 5.74) is 5.12. The van der Waals surface area contributed by atoms with Crippen molar-refractivity contribution in [1.82, 2.24) is 15.4 Å². The van der Waals surface area contributed by atoms with Crippen LogP contribution in [-0.2, 0) is 4.79 Å². The topological polar surface area (TPSA) is 111 Å². The number of amides is 2. The Kier molecular flexibility index (Phi) is 4.73. The summed E-state index contributed by atoms with van der Waals surface area (Å²) in [6.07, 6.45) is -0.788. The quantitative estimate of drug-likeness (QED) is 0.719. The first kappa shape index (κ1) is 15.2. The van der Waals surface area contributed by atoms with Crippen LogP contribution in [0.1, 0.15) is 17.0 Å². The Bertz CT molecular complexity index is 521. The SMILES string of the molecule is COc1cc(C(=O)NC[C@@H]2C[C@H](F)CN2CC(N)=O)on1. The van der Waals surface area contributed by atoms with Crippen LogP contribution in [0.15, 0.2) is 10.6 Å². The minimum absolute atomic E-state index is 0.00287. The van der Waals surface area contributed by atoms with Crippen LogP contribution in [0.2, 0.25) is 0 Å². The minimum Gasteiger partial charge on any atom is -0.479 e. The van der Waals surface area contributed by atoms with Crippen molar-refractivity contribution in [2.45, 2.75) is 18.6 Å². The number of primary amides is 1.